The fraction of sp³-hybridized carbons (Fsp3) is 0.471. The lowest BCUT2D eigenvalue weighted by atomic mass is 10.1. The van der Waals surface area contributed by atoms with Crippen molar-refractivity contribution in [2.24, 2.45) is 5.73 Å². The molecule has 8 heteroatoms. The standard InChI is InChI=1S/C17H24N2O6/c1-17(2,3)25-9-8-13(16(22)23)19-15(21)11-4-6-12(7-5-11)24-10-14(18)20/h4-7,13H,8-10H2,1-3H3,(H2,18,20)(H,19,21)(H,22,23). The predicted molar refractivity (Wildman–Crippen MR) is 90.3 cm³/mol. The number of carbonyl (C=O) groups is 3. The molecule has 0 aliphatic rings. The molecule has 1 atom stereocenters. The maximum Gasteiger partial charge on any atom is 0.326 e. The number of nitrogens with two attached hydrogens (primary N) is 1. The van der Waals surface area contributed by atoms with Gasteiger partial charge in [-0.25, -0.2) is 4.79 Å². The summed E-state index contributed by atoms with van der Waals surface area (Å²) in [7, 11) is 0. The molecule has 0 aliphatic carbocycles. The summed E-state index contributed by atoms with van der Waals surface area (Å²) in [5.74, 6) is -1.89. The average molecular weight is 352 g/mol. The smallest absolute Gasteiger partial charge is 0.326 e. The minimum Gasteiger partial charge on any atom is -0.484 e. The number of nitrogens with one attached hydrogen (secondary N) is 1. The number of aliphatic carboxylic acids is 1. The van der Waals surface area contributed by atoms with Crippen molar-refractivity contribution in [2.75, 3.05) is 13.2 Å². The zero-order chi connectivity index (χ0) is 19.0. The number of hydrogen-bond donors (Lipinski definition) is 3. The van der Waals surface area contributed by atoms with Crippen molar-refractivity contribution >= 4 is 17.8 Å². The number of amides is 2. The van der Waals surface area contributed by atoms with Crippen LogP contribution in [-0.2, 0) is 14.3 Å². The summed E-state index contributed by atoms with van der Waals surface area (Å²) in [6.07, 6.45) is 0.151. The first-order valence-corrected chi connectivity index (χ1v) is 7.77. The third-order valence-electron chi connectivity index (χ3n) is 3.04. The number of ether oxygens (including phenoxy) is 2. The molecule has 0 saturated heterocycles. The maximum atomic E-state index is 12.2. The first-order chi connectivity index (χ1) is 11.6. The number of benzene rings is 1. The molecule has 138 valence electrons. The van der Waals surface area contributed by atoms with Gasteiger partial charge in [0, 0.05) is 18.6 Å². The van der Waals surface area contributed by atoms with E-state index in [9.17, 15) is 19.5 Å². The average Bonchev–Trinajstić information content (AvgIpc) is 2.51. The highest BCUT2D eigenvalue weighted by Gasteiger charge is 2.21. The van der Waals surface area contributed by atoms with Crippen LogP contribution in [-0.4, -0.2) is 47.7 Å². The van der Waals surface area contributed by atoms with Crippen molar-refractivity contribution < 1.29 is 29.0 Å². The van der Waals surface area contributed by atoms with Crippen LogP contribution in [0.1, 0.15) is 37.6 Å². The van der Waals surface area contributed by atoms with Crippen molar-refractivity contribution in [3.8, 4) is 5.75 Å². The van der Waals surface area contributed by atoms with Crippen LogP contribution in [0.15, 0.2) is 24.3 Å². The molecule has 0 spiro atoms. The molecule has 4 N–H and O–H groups in total. The molecule has 1 aromatic carbocycles. The summed E-state index contributed by atoms with van der Waals surface area (Å²) in [4.78, 5) is 34.1. The van der Waals surface area contributed by atoms with Gasteiger partial charge in [-0.15, -0.1) is 0 Å². The highest BCUT2D eigenvalue weighted by atomic mass is 16.5. The zero-order valence-electron chi connectivity index (χ0n) is 14.6. The van der Waals surface area contributed by atoms with Gasteiger partial charge in [-0.3, -0.25) is 9.59 Å². The number of hydrogen-bond acceptors (Lipinski definition) is 5. The van der Waals surface area contributed by atoms with Crippen LogP contribution in [0, 0.1) is 0 Å². The predicted octanol–water partition coefficient (Wildman–Crippen LogP) is 0.939. The molecule has 2 amide bonds. The van der Waals surface area contributed by atoms with Crippen LogP contribution in [0.2, 0.25) is 0 Å². The van der Waals surface area contributed by atoms with Gasteiger partial charge in [0.2, 0.25) is 0 Å². The molecular formula is C17H24N2O6. The first kappa shape index (κ1) is 20.4. The van der Waals surface area contributed by atoms with E-state index in [1.807, 2.05) is 20.8 Å². The number of carboxylic acid groups (broad SMARTS) is 1. The molecule has 0 heterocycles. The highest BCUT2D eigenvalue weighted by molar-refractivity contribution is 5.96. The maximum absolute atomic E-state index is 12.2. The molecule has 0 aliphatic heterocycles. The molecule has 1 aromatic rings. The Morgan fingerprint density at radius 3 is 2.28 bits per heavy atom. The molecule has 0 fully saturated rings. The van der Waals surface area contributed by atoms with Gasteiger partial charge in [0.05, 0.1) is 5.60 Å². The Morgan fingerprint density at radius 2 is 1.80 bits per heavy atom. The number of primary amides is 1. The molecule has 0 aromatic heterocycles. The van der Waals surface area contributed by atoms with Gasteiger partial charge in [0.15, 0.2) is 6.61 Å². The van der Waals surface area contributed by atoms with Gasteiger partial charge in [-0.2, -0.15) is 0 Å². The topological polar surface area (TPSA) is 128 Å². The fourth-order valence-electron chi connectivity index (χ4n) is 1.84. The Kier molecular flexibility index (Phi) is 7.38. The van der Waals surface area contributed by atoms with Crippen molar-refractivity contribution in [1.82, 2.24) is 5.32 Å². The third-order valence-corrected chi connectivity index (χ3v) is 3.04. The van der Waals surface area contributed by atoms with Gasteiger partial charge in [-0.1, -0.05) is 0 Å². The van der Waals surface area contributed by atoms with Gasteiger partial charge >= 0.3 is 5.97 Å². The van der Waals surface area contributed by atoms with Gasteiger partial charge in [0.25, 0.3) is 11.8 Å². The Bertz CT molecular complexity index is 607. The minimum absolute atomic E-state index is 0.151. The fourth-order valence-corrected chi connectivity index (χ4v) is 1.84. The summed E-state index contributed by atoms with van der Waals surface area (Å²) in [6.45, 7) is 5.54. The van der Waals surface area contributed by atoms with E-state index >= 15 is 0 Å². The van der Waals surface area contributed by atoms with Crippen molar-refractivity contribution in [3.63, 3.8) is 0 Å². The van der Waals surface area contributed by atoms with E-state index in [-0.39, 0.29) is 30.8 Å². The van der Waals surface area contributed by atoms with Crippen molar-refractivity contribution in [2.45, 2.75) is 38.8 Å². The Morgan fingerprint density at radius 1 is 1.20 bits per heavy atom. The van der Waals surface area contributed by atoms with E-state index < -0.39 is 23.8 Å². The van der Waals surface area contributed by atoms with Crippen molar-refractivity contribution in [1.29, 1.82) is 0 Å². The van der Waals surface area contributed by atoms with Gasteiger partial charge in [-0.05, 0) is 45.0 Å². The van der Waals surface area contributed by atoms with Crippen LogP contribution >= 0.6 is 0 Å². The summed E-state index contributed by atoms with van der Waals surface area (Å²) >= 11 is 0. The second-order valence-corrected chi connectivity index (χ2v) is 6.39. The van der Waals surface area contributed by atoms with Gasteiger partial charge < -0.3 is 25.6 Å². The Hall–Kier alpha value is -2.61. The third kappa shape index (κ3) is 8.16. The monoisotopic (exact) mass is 352 g/mol. The number of carbonyl (C=O) groups excluding carboxylic acids is 2. The molecule has 0 radical (unpaired) electrons. The second-order valence-electron chi connectivity index (χ2n) is 6.39. The van der Waals surface area contributed by atoms with Crippen LogP contribution in [0.4, 0.5) is 0 Å². The quantitative estimate of drug-likeness (QED) is 0.607. The largest absolute Gasteiger partial charge is 0.484 e. The van der Waals surface area contributed by atoms with E-state index in [2.05, 4.69) is 5.32 Å². The van der Waals surface area contributed by atoms with E-state index in [0.29, 0.717) is 5.75 Å². The number of rotatable bonds is 9. The van der Waals surface area contributed by atoms with Crippen LogP contribution in [0.3, 0.4) is 0 Å². The zero-order valence-corrected chi connectivity index (χ0v) is 14.6. The lowest BCUT2D eigenvalue weighted by Crippen LogP contribution is -2.42. The van der Waals surface area contributed by atoms with E-state index in [1.165, 1.54) is 24.3 Å². The second kappa shape index (κ2) is 9.03. The summed E-state index contributed by atoms with van der Waals surface area (Å²) in [6, 6.07) is 4.87. The molecule has 0 bridgehead atoms. The van der Waals surface area contributed by atoms with Crippen molar-refractivity contribution in [3.05, 3.63) is 29.8 Å². The normalized spacial score (nSPS) is 12.3. The number of carboxylic acids is 1. The lowest BCUT2D eigenvalue weighted by molar-refractivity contribution is -0.140. The minimum atomic E-state index is -1.13. The molecule has 1 rings (SSSR count). The van der Waals surface area contributed by atoms with E-state index in [0.717, 1.165) is 0 Å². The SMILES string of the molecule is CC(C)(C)OCCC(NC(=O)c1ccc(OCC(N)=O)cc1)C(=O)O. The molecule has 1 unspecified atom stereocenters. The summed E-state index contributed by atoms with van der Waals surface area (Å²) in [5.41, 5.74) is 4.87. The van der Waals surface area contributed by atoms with Gasteiger partial charge in [0.1, 0.15) is 11.8 Å². The van der Waals surface area contributed by atoms with Crippen LogP contribution in [0.25, 0.3) is 0 Å². The van der Waals surface area contributed by atoms with Crippen LogP contribution in [0.5, 0.6) is 5.75 Å². The first-order valence-electron chi connectivity index (χ1n) is 7.77. The Labute approximate surface area is 146 Å². The Balaban J connectivity index is 2.61. The van der Waals surface area contributed by atoms with E-state index in [4.69, 9.17) is 15.2 Å². The molecular weight excluding hydrogens is 328 g/mol. The van der Waals surface area contributed by atoms with Crippen LogP contribution < -0.4 is 15.8 Å². The summed E-state index contributed by atoms with van der Waals surface area (Å²) < 4.78 is 10.6. The summed E-state index contributed by atoms with van der Waals surface area (Å²) in [5, 5.41) is 11.7. The molecule has 8 nitrogen and oxygen atoms in total. The highest BCUT2D eigenvalue weighted by Crippen LogP contribution is 2.13. The molecule has 25 heavy (non-hydrogen) atoms. The lowest BCUT2D eigenvalue weighted by Gasteiger charge is -2.21. The molecule has 0 saturated carbocycles. The van der Waals surface area contributed by atoms with E-state index in [1.54, 1.807) is 0 Å².